The Morgan fingerprint density at radius 3 is 2.40 bits per heavy atom. The van der Waals surface area contributed by atoms with E-state index in [1.54, 1.807) is 24.1 Å². The van der Waals surface area contributed by atoms with E-state index in [1.165, 1.54) is 64.6 Å². The summed E-state index contributed by atoms with van der Waals surface area (Å²) in [7, 11) is 3.30. The molecule has 16 nitrogen and oxygen atoms in total. The fourth-order valence-electron chi connectivity index (χ4n) is 20.0. The molecule has 4 heterocycles. The van der Waals surface area contributed by atoms with E-state index in [0.717, 1.165) is 128 Å². The smallest absolute Gasteiger partial charge is 0.258 e. The van der Waals surface area contributed by atoms with E-state index in [0.29, 0.717) is 83.6 Å². The van der Waals surface area contributed by atoms with E-state index in [4.69, 9.17) is 23.7 Å². The van der Waals surface area contributed by atoms with Crippen molar-refractivity contribution in [2.75, 3.05) is 59.0 Å². The molecule has 93 heavy (non-hydrogen) atoms. The lowest BCUT2D eigenvalue weighted by Crippen LogP contribution is -2.65. The fourth-order valence-corrected chi connectivity index (χ4v) is 20.0. The molecule has 1 saturated heterocycles. The molecule has 5 fully saturated rings. The maximum atomic E-state index is 14.5. The number of phenols is 1. The average molecular weight is 1270 g/mol. The number of methoxy groups -OCH3 is 1. The number of aliphatic hydroxyl groups excluding tert-OH is 3. The van der Waals surface area contributed by atoms with Gasteiger partial charge in [0.05, 0.1) is 44.1 Å². The van der Waals surface area contributed by atoms with Gasteiger partial charge in [0.15, 0.2) is 23.5 Å². The molecule has 4 aliphatic heterocycles. The van der Waals surface area contributed by atoms with Crippen molar-refractivity contribution in [2.24, 2.45) is 35.5 Å². The van der Waals surface area contributed by atoms with Crippen LogP contribution in [0.4, 0.5) is 5.69 Å². The minimum atomic E-state index is -1.10. The molecule has 500 valence electrons. The van der Waals surface area contributed by atoms with Crippen molar-refractivity contribution >= 4 is 23.6 Å². The summed E-state index contributed by atoms with van der Waals surface area (Å²) >= 11 is 0. The Hall–Kier alpha value is -6.14. The number of amides is 2. The zero-order valence-electron chi connectivity index (χ0n) is 55.6. The summed E-state index contributed by atoms with van der Waals surface area (Å²) in [5, 5.41) is 64.2. The van der Waals surface area contributed by atoms with Gasteiger partial charge in [0.25, 0.3) is 11.8 Å². The van der Waals surface area contributed by atoms with Crippen LogP contribution < -0.4 is 45.0 Å². The number of hydrogen-bond acceptors (Lipinski definition) is 15. The number of carbonyl (C=O) groups excluding carboxylic acids is 2. The molecule has 10 aliphatic rings. The third-order valence-electron chi connectivity index (χ3n) is 24.3. The van der Waals surface area contributed by atoms with Gasteiger partial charge in [-0.15, -0.1) is 0 Å². The maximum absolute atomic E-state index is 14.5. The predicted octanol–water partition coefficient (Wildman–Crippen LogP) is 12.4. The second kappa shape index (κ2) is 26.5. The summed E-state index contributed by atoms with van der Waals surface area (Å²) in [6.45, 7) is 8.34. The number of nitrogens with zero attached hydrogens (tertiary/aromatic N) is 1. The van der Waals surface area contributed by atoms with Gasteiger partial charge in [-0.05, 0) is 156 Å². The van der Waals surface area contributed by atoms with Gasteiger partial charge in [0.1, 0.15) is 23.9 Å². The molecule has 2 amide bonds. The quantitative estimate of drug-likeness (QED) is 0.0288. The summed E-state index contributed by atoms with van der Waals surface area (Å²) in [5.74, 6) is 1.72. The zero-order chi connectivity index (χ0) is 64.3. The number of likely N-dealkylation sites (N-methyl/N-ethyl adjacent to an activating group) is 1. The van der Waals surface area contributed by atoms with Gasteiger partial charge >= 0.3 is 0 Å². The highest BCUT2D eigenvalue weighted by atomic mass is 16.5. The molecule has 0 spiro atoms. The van der Waals surface area contributed by atoms with Crippen LogP contribution in [0.25, 0.3) is 17.2 Å². The Morgan fingerprint density at radius 2 is 1.60 bits per heavy atom. The number of aromatic hydroxyl groups is 1. The Labute approximate surface area is 550 Å². The first-order chi connectivity index (χ1) is 45.2. The van der Waals surface area contributed by atoms with Gasteiger partial charge in [-0.2, -0.15) is 0 Å². The number of fused-ring (bicyclic) bond motifs is 6. The monoisotopic (exact) mass is 1270 g/mol. The average Bonchev–Trinajstić information content (AvgIpc) is 1.25. The highest BCUT2D eigenvalue weighted by Crippen LogP contribution is 2.62. The fraction of sp³-hybridized carbons (Fsp3) is 0.610. The van der Waals surface area contributed by atoms with Crippen molar-refractivity contribution in [3.8, 4) is 45.6 Å². The lowest BCUT2D eigenvalue weighted by atomic mass is 9.47. The number of allylic oxidation sites excluding steroid dienone is 1. The first-order valence-corrected chi connectivity index (χ1v) is 35.8. The van der Waals surface area contributed by atoms with Crippen LogP contribution in [0.15, 0.2) is 66.3 Å². The second-order valence-corrected chi connectivity index (χ2v) is 29.8. The highest BCUT2D eigenvalue weighted by molar-refractivity contribution is 6.17. The first kappa shape index (κ1) is 64.2. The predicted molar refractivity (Wildman–Crippen MR) is 360 cm³/mol. The molecule has 6 aliphatic carbocycles. The van der Waals surface area contributed by atoms with Gasteiger partial charge in [0, 0.05) is 106 Å². The Balaban J connectivity index is 0.795. The number of carbonyl (C=O) groups is 2. The number of imide groups is 1. The molecule has 11 atom stereocenters. The molecular formula is C77H101N5O11. The first-order valence-electron chi connectivity index (χ1n) is 35.8. The van der Waals surface area contributed by atoms with Crippen LogP contribution in [0.3, 0.4) is 0 Å². The van der Waals surface area contributed by atoms with Crippen molar-refractivity contribution in [3.05, 3.63) is 105 Å². The zero-order valence-corrected chi connectivity index (χ0v) is 55.6. The van der Waals surface area contributed by atoms with Crippen LogP contribution in [-0.2, 0) is 27.8 Å². The third-order valence-corrected chi connectivity index (χ3v) is 24.3. The molecule has 8 N–H and O–H groups in total. The van der Waals surface area contributed by atoms with Crippen molar-refractivity contribution < 1.29 is 53.7 Å². The number of benzene rings is 4. The normalized spacial score (nSPS) is 29.6. The summed E-state index contributed by atoms with van der Waals surface area (Å²) in [4.78, 5) is 30.3. The summed E-state index contributed by atoms with van der Waals surface area (Å²) in [5.41, 5.74) is 7.22. The van der Waals surface area contributed by atoms with Crippen LogP contribution in [0, 0.1) is 35.5 Å². The van der Waals surface area contributed by atoms with Gasteiger partial charge in [-0.25, -0.2) is 0 Å². The maximum Gasteiger partial charge on any atom is 0.258 e. The molecule has 16 heteroatoms. The van der Waals surface area contributed by atoms with E-state index in [-0.39, 0.29) is 66.8 Å². The Bertz CT molecular complexity index is 3520. The van der Waals surface area contributed by atoms with E-state index < -0.39 is 40.8 Å². The molecule has 0 radical (unpaired) electrons. The number of rotatable bonds is 21. The van der Waals surface area contributed by atoms with Crippen LogP contribution >= 0.6 is 0 Å². The highest BCUT2D eigenvalue weighted by Gasteiger charge is 2.61. The molecule has 0 unspecified atom stereocenters. The molecule has 14 rings (SSSR count). The lowest BCUT2D eigenvalue weighted by Gasteiger charge is -2.60. The molecule has 4 aromatic carbocycles. The number of nitrogens with one attached hydrogen (secondary N) is 4. The number of aliphatic hydroxyl groups is 3. The SMILES string of the molecule is CNCC1=CC(=O)N(C2([C@H]3CCC[C@]4([C@H](CO)COc5cc([C@@H]6COc7cc8c9c(c7[C@H]6O)CCc6c(OCCNC7CCCCC7)cc(O[C@@]7%10CCC[C@@H](CCC(C)C)[C@@H]7CC[C@H](C)N%10)c(c6-9)[C@@H](O)N8)cc(OC)c5O)c5ccccc5C=C[C@H]34)CCCCC2)C1=O. The Kier molecular flexibility index (Phi) is 18.3. The molecule has 0 bridgehead atoms. The van der Waals surface area contributed by atoms with Crippen molar-refractivity contribution in [3.63, 3.8) is 0 Å². The topological polar surface area (TPSA) is 213 Å². The van der Waals surface area contributed by atoms with Crippen molar-refractivity contribution in [2.45, 2.75) is 209 Å². The summed E-state index contributed by atoms with van der Waals surface area (Å²) < 4.78 is 34.2. The van der Waals surface area contributed by atoms with E-state index >= 15 is 0 Å². The van der Waals surface area contributed by atoms with Crippen LogP contribution in [0.5, 0.6) is 34.5 Å². The van der Waals surface area contributed by atoms with Crippen LogP contribution in [-0.4, -0.2) is 114 Å². The number of piperidine rings is 1. The van der Waals surface area contributed by atoms with Crippen LogP contribution in [0.2, 0.25) is 0 Å². The lowest BCUT2D eigenvalue weighted by molar-refractivity contribution is -0.153. The summed E-state index contributed by atoms with van der Waals surface area (Å²) in [6.07, 6.45) is 25.5. The number of ether oxygens (including phenoxy) is 5. The minimum Gasteiger partial charge on any atom is -0.502 e. The van der Waals surface area contributed by atoms with Gasteiger partial charge in [0.2, 0.25) is 5.75 Å². The van der Waals surface area contributed by atoms with Gasteiger partial charge in [-0.3, -0.25) is 19.8 Å². The van der Waals surface area contributed by atoms with Gasteiger partial charge in [-0.1, -0.05) is 102 Å². The standard InChI is InChI=1S/C77H101N5O11/c1-45(2)22-24-48-17-14-33-77(57(48)28-23-46(3)81-77)93-63-40-61(90-35-34-79-52-18-8-6-9-19-52)53-26-27-54-67-60(80-73(87)70(63)69(53)67)39-62-68(54)71(85)55(44-92-62)49-36-64(89-5)72(86)65(37-49)91-43-51(42-83)76-32-15-21-58(59(76)29-25-47-16-10-11-20-56(47)76)75(30-12-7-13-31-75)82-66(84)38-50(41-78-4)74(82)88/h10-11,16,20,25,29,36-40,45-46,48,51-52,55,57-59,71,73,78-81,83,85-87H,6-9,12-15,17-19,21-24,26-28,30-35,41-44H2,1-5H3/t46-,48-,51+,55-,57-,58-,59+,71-,73+,76-,77-/m0/s1. The largest absolute Gasteiger partial charge is 0.502 e. The van der Waals surface area contributed by atoms with Crippen LogP contribution in [0.1, 0.15) is 206 Å². The number of phenolic OH excluding ortho intramolecular Hbond substituents is 1. The Morgan fingerprint density at radius 1 is 0.817 bits per heavy atom. The minimum absolute atomic E-state index is 0.0258. The van der Waals surface area contributed by atoms with Gasteiger partial charge < -0.3 is 60.1 Å². The van der Waals surface area contributed by atoms with Crippen molar-refractivity contribution in [1.29, 1.82) is 0 Å². The third kappa shape index (κ3) is 11.3. The van der Waals surface area contributed by atoms with E-state index in [2.05, 4.69) is 78.5 Å². The van der Waals surface area contributed by atoms with E-state index in [1.807, 2.05) is 12.1 Å². The molecule has 4 saturated carbocycles. The summed E-state index contributed by atoms with van der Waals surface area (Å²) in [6, 6.07) is 16.7. The molecular weight excluding hydrogens is 1170 g/mol. The second-order valence-electron chi connectivity index (χ2n) is 29.8. The number of anilines is 1. The molecule has 0 aromatic heterocycles. The van der Waals surface area contributed by atoms with Crippen molar-refractivity contribution in [1.82, 2.24) is 20.9 Å². The molecule has 4 aromatic rings. The van der Waals surface area contributed by atoms with E-state index in [9.17, 15) is 30.0 Å². The number of hydrogen-bond donors (Lipinski definition) is 8.